The Labute approximate surface area is 177 Å². The Hall–Kier alpha value is -1.22. The lowest BCUT2D eigenvalue weighted by Gasteiger charge is -2.57. The average molecular weight is 471 g/mol. The first-order chi connectivity index (χ1) is 13.4. The van der Waals surface area contributed by atoms with Gasteiger partial charge in [0, 0.05) is 12.0 Å². The number of hydrogen-bond donors (Lipinski definition) is 4. The van der Waals surface area contributed by atoms with Gasteiger partial charge in [-0.3, -0.25) is 19.2 Å². The third kappa shape index (κ3) is 4.11. The van der Waals surface area contributed by atoms with Crippen LogP contribution in [0.4, 0.5) is 0 Å². The summed E-state index contributed by atoms with van der Waals surface area (Å²) >= 11 is 0. The molecule has 172 valence electrons. The first-order valence-corrected chi connectivity index (χ1v) is 12.2. The molecule has 1 rings (SSSR count). The maximum absolute atomic E-state index is 12.5. The van der Waals surface area contributed by atoms with Crippen LogP contribution in [0, 0.1) is 0 Å². The Bertz CT molecular complexity index is 852. The molecule has 1 aliphatic rings. The summed E-state index contributed by atoms with van der Waals surface area (Å²) in [5.74, 6) is -5.63. The van der Waals surface area contributed by atoms with E-state index in [0.29, 0.717) is 24.6 Å². The molecule has 0 amide bonds. The molecule has 0 saturated carbocycles. The van der Waals surface area contributed by atoms with Crippen LogP contribution in [-0.2, 0) is 32.8 Å². The third-order valence-electron chi connectivity index (χ3n) is 5.18. The lowest BCUT2D eigenvalue weighted by atomic mass is 9.58. The maximum atomic E-state index is 12.5. The molecule has 13 heteroatoms. The number of Topliss-reactive ketones (excluding diaryl/α,β-unsaturated/α-hetero) is 4. The van der Waals surface area contributed by atoms with Crippen LogP contribution in [0.1, 0.15) is 34.1 Å². The number of hydrogen-bond acceptors (Lipinski definition) is 12. The highest BCUT2D eigenvalue weighted by Crippen LogP contribution is 2.48. The van der Waals surface area contributed by atoms with E-state index in [1.807, 2.05) is 0 Å². The van der Waals surface area contributed by atoms with Crippen molar-refractivity contribution in [1.29, 1.82) is 0 Å². The van der Waals surface area contributed by atoms with Crippen LogP contribution in [0.25, 0.3) is 0 Å². The van der Waals surface area contributed by atoms with E-state index in [1.54, 1.807) is 0 Å². The highest BCUT2D eigenvalue weighted by atomic mass is 33.1. The SMILES string of the molecule is CC(=O)[C@@]1(O)[C@](O)(C(C)=O)[C@H](CCSS(C)(=O)=O)O[C@H](C(=O)C(C)O)[C@@]1(O)C(C)=O. The van der Waals surface area contributed by atoms with E-state index in [9.17, 15) is 48.0 Å². The average Bonchev–Trinajstić information content (AvgIpc) is 2.59. The van der Waals surface area contributed by atoms with E-state index in [0.717, 1.165) is 20.1 Å². The van der Waals surface area contributed by atoms with E-state index < -0.39 is 73.5 Å². The van der Waals surface area contributed by atoms with Crippen molar-refractivity contribution >= 4 is 42.8 Å². The topological polar surface area (TPSA) is 193 Å². The monoisotopic (exact) mass is 470 g/mol. The molecule has 0 aromatic heterocycles. The zero-order chi connectivity index (χ0) is 23.9. The summed E-state index contributed by atoms with van der Waals surface area (Å²) in [5.41, 5.74) is -10.1. The number of ketones is 4. The van der Waals surface area contributed by atoms with E-state index in [-0.39, 0.29) is 5.75 Å². The van der Waals surface area contributed by atoms with Gasteiger partial charge < -0.3 is 25.2 Å². The zero-order valence-electron chi connectivity index (χ0n) is 17.1. The lowest BCUT2D eigenvalue weighted by molar-refractivity contribution is -0.312. The van der Waals surface area contributed by atoms with Crippen molar-refractivity contribution < 1.29 is 52.8 Å². The fraction of sp³-hybridized carbons (Fsp3) is 0.765. The molecule has 1 unspecified atom stereocenters. The molecule has 0 aliphatic carbocycles. The van der Waals surface area contributed by atoms with Gasteiger partial charge in [0.1, 0.15) is 6.10 Å². The molecule has 30 heavy (non-hydrogen) atoms. The molecular weight excluding hydrogens is 444 g/mol. The minimum atomic E-state index is -3.55. The Morgan fingerprint density at radius 1 is 1.00 bits per heavy atom. The smallest absolute Gasteiger partial charge is 0.200 e. The van der Waals surface area contributed by atoms with E-state index >= 15 is 0 Å². The number of carbonyl (C=O) groups is 4. The standard InChI is InChI=1S/C17H26O11S2/c1-8(18)13(22)14-16(24,10(3)20)17(25,11(4)21)15(23,9(2)19)12(28-14)6-7-29-30(5,26)27/h8,12,14,18,23-25H,6-7H2,1-5H3/t8?,12-,14+,15-,16-,17+/m0/s1. The summed E-state index contributed by atoms with van der Waals surface area (Å²) in [6.45, 7) is 3.16. The van der Waals surface area contributed by atoms with Gasteiger partial charge in [-0.1, -0.05) is 0 Å². The molecule has 11 nitrogen and oxygen atoms in total. The van der Waals surface area contributed by atoms with Crippen LogP contribution in [0.2, 0.25) is 0 Å². The quantitative estimate of drug-likeness (QED) is 0.265. The zero-order valence-corrected chi connectivity index (χ0v) is 18.7. The van der Waals surface area contributed by atoms with Crippen molar-refractivity contribution in [3.63, 3.8) is 0 Å². The molecule has 0 aromatic rings. The molecule has 6 atom stereocenters. The summed E-state index contributed by atoms with van der Waals surface area (Å²) in [5, 5.41) is 43.1. The maximum Gasteiger partial charge on any atom is 0.200 e. The second kappa shape index (κ2) is 8.73. The Morgan fingerprint density at radius 3 is 1.80 bits per heavy atom. The van der Waals surface area contributed by atoms with Crippen LogP contribution in [0.3, 0.4) is 0 Å². The van der Waals surface area contributed by atoms with Crippen molar-refractivity contribution in [2.45, 2.75) is 69.2 Å². The van der Waals surface area contributed by atoms with Gasteiger partial charge in [0.05, 0.1) is 6.10 Å². The predicted octanol–water partition coefficient (Wildman–Crippen LogP) is -2.25. The molecular formula is C17H26O11S2. The number of rotatable bonds is 9. The summed E-state index contributed by atoms with van der Waals surface area (Å²) < 4.78 is 28.1. The molecule has 0 bridgehead atoms. The molecule has 0 spiro atoms. The van der Waals surface area contributed by atoms with Crippen molar-refractivity contribution in [2.75, 3.05) is 12.0 Å². The van der Waals surface area contributed by atoms with Crippen LogP contribution >= 0.6 is 10.8 Å². The number of aliphatic hydroxyl groups excluding tert-OH is 1. The fourth-order valence-electron chi connectivity index (χ4n) is 3.61. The van der Waals surface area contributed by atoms with Gasteiger partial charge in [-0.05, 0) is 44.9 Å². The summed E-state index contributed by atoms with van der Waals surface area (Å²) in [7, 11) is -3.14. The minimum Gasteiger partial charge on any atom is -0.386 e. The largest absolute Gasteiger partial charge is 0.386 e. The van der Waals surface area contributed by atoms with Gasteiger partial charge in [-0.2, -0.15) is 0 Å². The van der Waals surface area contributed by atoms with Crippen LogP contribution < -0.4 is 0 Å². The van der Waals surface area contributed by atoms with Gasteiger partial charge >= 0.3 is 0 Å². The molecule has 1 fully saturated rings. The van der Waals surface area contributed by atoms with E-state index in [4.69, 9.17) is 4.74 Å². The number of ether oxygens (including phenoxy) is 1. The third-order valence-corrected chi connectivity index (χ3v) is 7.79. The van der Waals surface area contributed by atoms with Crippen molar-refractivity contribution in [2.24, 2.45) is 0 Å². The number of aliphatic hydroxyl groups is 4. The summed E-state index contributed by atoms with van der Waals surface area (Å²) in [6, 6.07) is 0. The molecule has 1 heterocycles. The molecule has 0 radical (unpaired) electrons. The first kappa shape index (κ1) is 26.8. The van der Waals surface area contributed by atoms with Crippen LogP contribution in [-0.4, -0.2) is 99.1 Å². The van der Waals surface area contributed by atoms with Gasteiger partial charge in [0.25, 0.3) is 0 Å². The molecule has 1 saturated heterocycles. The highest BCUT2D eigenvalue weighted by molar-refractivity contribution is 8.71. The fourth-order valence-corrected chi connectivity index (χ4v) is 5.42. The van der Waals surface area contributed by atoms with Crippen LogP contribution in [0.5, 0.6) is 0 Å². The Morgan fingerprint density at radius 2 is 1.47 bits per heavy atom. The van der Waals surface area contributed by atoms with Gasteiger partial charge in [0.2, 0.25) is 0 Å². The molecule has 4 N–H and O–H groups in total. The van der Waals surface area contributed by atoms with E-state index in [2.05, 4.69) is 0 Å². The van der Waals surface area contributed by atoms with Gasteiger partial charge in [0.15, 0.2) is 54.9 Å². The van der Waals surface area contributed by atoms with Crippen molar-refractivity contribution in [1.82, 2.24) is 0 Å². The predicted molar refractivity (Wildman–Crippen MR) is 104 cm³/mol. The van der Waals surface area contributed by atoms with Crippen molar-refractivity contribution in [3.05, 3.63) is 0 Å². The highest BCUT2D eigenvalue weighted by Gasteiger charge is 2.78. The Kier molecular flexibility index (Phi) is 7.80. The minimum absolute atomic E-state index is 0.291. The van der Waals surface area contributed by atoms with Crippen LogP contribution in [0.15, 0.2) is 0 Å². The second-order valence-electron chi connectivity index (χ2n) is 7.31. The van der Waals surface area contributed by atoms with Crippen molar-refractivity contribution in [3.8, 4) is 0 Å². The normalized spacial score (nSPS) is 35.5. The second-order valence-corrected chi connectivity index (χ2v) is 11.9. The van der Waals surface area contributed by atoms with Gasteiger partial charge in [-0.25, -0.2) is 8.42 Å². The molecule has 1 aliphatic heterocycles. The Balaban J connectivity index is 3.78. The summed E-state index contributed by atoms with van der Waals surface area (Å²) in [4.78, 5) is 49.7. The summed E-state index contributed by atoms with van der Waals surface area (Å²) in [6.07, 6.45) is -5.58. The van der Waals surface area contributed by atoms with E-state index in [1.165, 1.54) is 0 Å². The number of carbonyl (C=O) groups excluding carboxylic acids is 4. The van der Waals surface area contributed by atoms with Gasteiger partial charge in [-0.15, -0.1) is 0 Å². The molecule has 0 aromatic carbocycles. The lowest BCUT2D eigenvalue weighted by Crippen LogP contribution is -2.86. The first-order valence-electron chi connectivity index (χ1n) is 8.80.